The van der Waals surface area contributed by atoms with Gasteiger partial charge in [0.2, 0.25) is 5.91 Å². The summed E-state index contributed by atoms with van der Waals surface area (Å²) in [6, 6.07) is 0. The van der Waals surface area contributed by atoms with Crippen LogP contribution < -0.4 is 5.73 Å². The van der Waals surface area contributed by atoms with Crippen LogP contribution in [0.1, 0.15) is 13.3 Å². The van der Waals surface area contributed by atoms with Gasteiger partial charge < -0.3 is 5.73 Å². The van der Waals surface area contributed by atoms with Crippen LogP contribution in [0.4, 0.5) is 0 Å². The van der Waals surface area contributed by atoms with Crippen molar-refractivity contribution in [2.45, 2.75) is 13.3 Å². The summed E-state index contributed by atoms with van der Waals surface area (Å²) in [5, 5.41) is 0. The normalized spacial score (nSPS) is 4.11. The zero-order valence-corrected chi connectivity index (χ0v) is 8.09. The third-order valence-electron chi connectivity index (χ3n) is 0.348. The molecule has 2 N–H and O–H groups in total. The Morgan fingerprint density at radius 2 is 1.33 bits per heavy atom. The first-order valence-electron chi connectivity index (χ1n) is 1.55. The van der Waals surface area contributed by atoms with Gasteiger partial charge in [0.25, 0.3) is 0 Å². The lowest BCUT2D eigenvalue weighted by Gasteiger charge is -1.73. The molecular formula is C3H11Cl4NO. The van der Waals surface area contributed by atoms with Gasteiger partial charge in [0.1, 0.15) is 0 Å². The molecule has 0 saturated carbocycles. The quantitative estimate of drug-likeness (QED) is 0.714. The second kappa shape index (κ2) is 23.4. The van der Waals surface area contributed by atoms with Crippen LogP contribution in [0, 0.1) is 0 Å². The fraction of sp³-hybridized carbons (Fsp3) is 0.667. The molecule has 0 aliphatic rings. The molecule has 0 rings (SSSR count). The molecule has 0 unspecified atom stereocenters. The van der Waals surface area contributed by atoms with Crippen LogP contribution in [-0.2, 0) is 4.79 Å². The molecule has 0 aromatic heterocycles. The first-order chi connectivity index (χ1) is 2.27. The summed E-state index contributed by atoms with van der Waals surface area (Å²) in [6.07, 6.45) is 0.444. The van der Waals surface area contributed by atoms with Crippen LogP contribution >= 0.6 is 49.6 Å². The number of amides is 1. The van der Waals surface area contributed by atoms with Crippen LogP contribution in [0.25, 0.3) is 0 Å². The monoisotopic (exact) mass is 217 g/mol. The van der Waals surface area contributed by atoms with Gasteiger partial charge in [-0.15, -0.1) is 49.6 Å². The predicted molar refractivity (Wildman–Crippen MR) is 48.5 cm³/mol. The Bertz CT molecular complexity index is 51.1. The van der Waals surface area contributed by atoms with Crippen molar-refractivity contribution in [1.29, 1.82) is 0 Å². The Balaban J connectivity index is -0.0000000133. The Morgan fingerprint density at radius 3 is 1.33 bits per heavy atom. The molecule has 0 heterocycles. The lowest BCUT2D eigenvalue weighted by Crippen LogP contribution is -2.06. The Labute approximate surface area is 79.6 Å². The maximum atomic E-state index is 9.59. The number of primary amides is 1. The van der Waals surface area contributed by atoms with Crippen LogP contribution in [0.2, 0.25) is 0 Å². The van der Waals surface area contributed by atoms with E-state index in [-0.39, 0.29) is 55.5 Å². The van der Waals surface area contributed by atoms with Gasteiger partial charge in [0, 0.05) is 6.42 Å². The van der Waals surface area contributed by atoms with Crippen LogP contribution in [0.15, 0.2) is 0 Å². The van der Waals surface area contributed by atoms with Crippen molar-refractivity contribution in [3.8, 4) is 0 Å². The van der Waals surface area contributed by atoms with Crippen molar-refractivity contribution in [3.63, 3.8) is 0 Å². The molecule has 0 spiro atoms. The van der Waals surface area contributed by atoms with E-state index in [9.17, 15) is 4.79 Å². The van der Waals surface area contributed by atoms with Crippen molar-refractivity contribution >= 4 is 55.5 Å². The van der Waals surface area contributed by atoms with Crippen LogP contribution in [0.5, 0.6) is 0 Å². The molecule has 0 aliphatic heterocycles. The number of halogens is 4. The molecule has 0 aliphatic carbocycles. The maximum absolute atomic E-state index is 9.59. The summed E-state index contributed by atoms with van der Waals surface area (Å²) in [4.78, 5) is 9.59. The van der Waals surface area contributed by atoms with E-state index >= 15 is 0 Å². The van der Waals surface area contributed by atoms with E-state index in [1.165, 1.54) is 0 Å². The minimum Gasteiger partial charge on any atom is -0.370 e. The fourth-order valence-electron chi connectivity index (χ4n) is 0. The third kappa shape index (κ3) is 54.8. The van der Waals surface area contributed by atoms with Gasteiger partial charge in [-0.1, -0.05) is 6.92 Å². The number of nitrogens with two attached hydrogens (primary N) is 1. The number of hydrogen-bond acceptors (Lipinski definition) is 1. The van der Waals surface area contributed by atoms with Crippen molar-refractivity contribution in [1.82, 2.24) is 0 Å². The van der Waals surface area contributed by atoms with Crippen molar-refractivity contribution < 1.29 is 4.79 Å². The molecule has 0 aromatic rings. The van der Waals surface area contributed by atoms with Gasteiger partial charge in [-0.05, 0) is 0 Å². The minimum atomic E-state index is -0.245. The molecule has 1 amide bonds. The molecule has 0 bridgehead atoms. The summed E-state index contributed by atoms with van der Waals surface area (Å²) in [5.74, 6) is -0.245. The Hall–Kier alpha value is 0.630. The predicted octanol–water partition coefficient (Wildman–Crippen LogP) is 1.57. The molecule has 0 aromatic carbocycles. The maximum Gasteiger partial charge on any atom is 0.217 e. The van der Waals surface area contributed by atoms with E-state index in [0.717, 1.165) is 0 Å². The summed E-state index contributed by atoms with van der Waals surface area (Å²) in [6.45, 7) is 1.72. The standard InChI is InChI=1S/C3H7NO.4ClH/c1-2-3(4)5;;;;/h2H2,1H3,(H2,4,5);4*1H. The van der Waals surface area contributed by atoms with E-state index in [1.807, 2.05) is 0 Å². The molecule has 6 heteroatoms. The molecule has 0 saturated heterocycles. The summed E-state index contributed by atoms with van der Waals surface area (Å²) < 4.78 is 0. The third-order valence-corrected chi connectivity index (χ3v) is 0.348. The SMILES string of the molecule is CCC(N)=O.Cl.Cl.Cl.Cl. The number of hydrogen-bond donors (Lipinski definition) is 1. The van der Waals surface area contributed by atoms with Gasteiger partial charge in [0.15, 0.2) is 0 Å². The minimum absolute atomic E-state index is 0. The fourth-order valence-corrected chi connectivity index (χ4v) is 0. The average molecular weight is 219 g/mol. The molecule has 62 valence electrons. The second-order valence-electron chi connectivity index (χ2n) is 0.820. The molecule has 0 fully saturated rings. The smallest absolute Gasteiger partial charge is 0.217 e. The topological polar surface area (TPSA) is 43.1 Å². The Morgan fingerprint density at radius 1 is 1.22 bits per heavy atom. The summed E-state index contributed by atoms with van der Waals surface area (Å²) in [7, 11) is 0. The lowest BCUT2D eigenvalue weighted by molar-refractivity contribution is -0.117. The van der Waals surface area contributed by atoms with E-state index < -0.39 is 0 Å². The van der Waals surface area contributed by atoms with Gasteiger partial charge in [-0.3, -0.25) is 4.79 Å². The lowest BCUT2D eigenvalue weighted by atomic mass is 10.5. The number of carbonyl (C=O) groups excluding carboxylic acids is 1. The van der Waals surface area contributed by atoms with Crippen molar-refractivity contribution in [2.24, 2.45) is 5.73 Å². The molecular weight excluding hydrogens is 208 g/mol. The summed E-state index contributed by atoms with van der Waals surface area (Å²) >= 11 is 0. The second-order valence-corrected chi connectivity index (χ2v) is 0.820. The highest BCUT2D eigenvalue weighted by molar-refractivity contribution is 5.86. The van der Waals surface area contributed by atoms with E-state index in [0.29, 0.717) is 6.42 Å². The Kier molecular flexibility index (Phi) is 87.1. The van der Waals surface area contributed by atoms with Gasteiger partial charge in [0.05, 0.1) is 0 Å². The van der Waals surface area contributed by atoms with Crippen molar-refractivity contribution in [3.05, 3.63) is 0 Å². The average Bonchev–Trinajstić information content (AvgIpc) is 1.38. The zero-order chi connectivity index (χ0) is 4.28. The van der Waals surface area contributed by atoms with Gasteiger partial charge in [-0.2, -0.15) is 0 Å². The van der Waals surface area contributed by atoms with Crippen LogP contribution in [0.3, 0.4) is 0 Å². The van der Waals surface area contributed by atoms with E-state index in [2.05, 4.69) is 5.73 Å². The molecule has 9 heavy (non-hydrogen) atoms. The first-order valence-corrected chi connectivity index (χ1v) is 1.55. The van der Waals surface area contributed by atoms with Crippen molar-refractivity contribution in [2.75, 3.05) is 0 Å². The van der Waals surface area contributed by atoms with Gasteiger partial charge in [-0.25, -0.2) is 0 Å². The highest BCUT2D eigenvalue weighted by Gasteiger charge is 1.77. The zero-order valence-electron chi connectivity index (χ0n) is 4.83. The van der Waals surface area contributed by atoms with Gasteiger partial charge >= 0.3 is 0 Å². The molecule has 2 nitrogen and oxygen atoms in total. The van der Waals surface area contributed by atoms with E-state index in [4.69, 9.17) is 0 Å². The summed E-state index contributed by atoms with van der Waals surface area (Å²) in [5.41, 5.74) is 4.65. The molecule has 0 radical (unpaired) electrons. The van der Waals surface area contributed by atoms with E-state index in [1.54, 1.807) is 6.92 Å². The highest BCUT2D eigenvalue weighted by Crippen LogP contribution is 1.63. The molecule has 0 atom stereocenters. The number of carbonyl (C=O) groups is 1. The largest absolute Gasteiger partial charge is 0.370 e. The number of rotatable bonds is 1. The first kappa shape index (κ1) is 33.5. The van der Waals surface area contributed by atoms with Crippen LogP contribution in [-0.4, -0.2) is 5.91 Å². The highest BCUT2D eigenvalue weighted by atomic mass is 35.5.